The maximum absolute atomic E-state index is 6.88. The summed E-state index contributed by atoms with van der Waals surface area (Å²) in [5, 5.41) is 13.8. The van der Waals surface area contributed by atoms with Crippen LogP contribution in [0.4, 0.5) is 0 Å². The quantitative estimate of drug-likeness (QED) is 0.250. The van der Waals surface area contributed by atoms with Gasteiger partial charge in [0.25, 0.3) is 6.26 Å². The first-order valence-corrected chi connectivity index (χ1v) is 0.447. The Bertz CT molecular complexity index is 33.1. The summed E-state index contributed by atoms with van der Waals surface area (Å²) in [5.41, 5.74) is 0. The molecule has 0 radical (unpaired) electrons. The zero-order valence-electron chi connectivity index (χ0n) is 3.39. The molecule has 0 aromatic heterocycles. The van der Waals surface area contributed by atoms with Gasteiger partial charge in [-0.3, -0.25) is 0 Å². The van der Waals surface area contributed by atoms with Gasteiger partial charge in [0.15, 0.2) is 0 Å². The molecule has 0 fully saturated rings. The SMILES string of the molecule is N#CO.[H-].[K+]. The van der Waals surface area contributed by atoms with Gasteiger partial charge in [0.2, 0.25) is 0 Å². The molecule has 0 bridgehead atoms. The predicted molar refractivity (Wildman–Crippen MR) is 8.66 cm³/mol. The van der Waals surface area contributed by atoms with E-state index in [4.69, 9.17) is 10.4 Å². The fourth-order valence-electron chi connectivity index (χ4n) is 0. The first-order valence-electron chi connectivity index (χ1n) is 0.447. The summed E-state index contributed by atoms with van der Waals surface area (Å²) in [7, 11) is 0. The first-order chi connectivity index (χ1) is 1.41. The Hall–Kier alpha value is 0.926. The summed E-state index contributed by atoms with van der Waals surface area (Å²) in [6, 6.07) is 0. The second-order valence-corrected chi connectivity index (χ2v) is 0.100. The average Bonchev–Trinajstić information content (AvgIpc) is 0.918. The average molecular weight is 83.1 g/mol. The minimum Gasteiger partial charge on any atom is -1.00 e. The molecule has 18 valence electrons. The molecule has 0 aliphatic rings. The molecular formula is CH2KNO. The normalized spacial score (nSPS) is 1.75. The van der Waals surface area contributed by atoms with Crippen LogP contribution in [-0.2, 0) is 0 Å². The van der Waals surface area contributed by atoms with Crippen molar-refractivity contribution in [2.75, 3.05) is 0 Å². The number of nitriles is 1. The topological polar surface area (TPSA) is 44.0 Å². The Balaban J connectivity index is -0.0000000200. The van der Waals surface area contributed by atoms with Crippen LogP contribution < -0.4 is 51.4 Å². The Morgan fingerprint density at radius 3 is 2.00 bits per heavy atom. The van der Waals surface area contributed by atoms with Crippen molar-refractivity contribution in [3.8, 4) is 6.26 Å². The molecule has 0 amide bonds. The maximum atomic E-state index is 6.88. The molecular weight excluding hydrogens is 81.1 g/mol. The number of hydrogen-bond acceptors (Lipinski definition) is 2. The molecule has 0 heterocycles. The van der Waals surface area contributed by atoms with Crippen molar-refractivity contribution in [1.29, 1.82) is 5.26 Å². The van der Waals surface area contributed by atoms with E-state index in [0.29, 0.717) is 0 Å². The van der Waals surface area contributed by atoms with Gasteiger partial charge in [0, 0.05) is 0 Å². The van der Waals surface area contributed by atoms with E-state index in [1.54, 1.807) is 0 Å². The fraction of sp³-hybridized carbons (Fsp3) is 0. The minimum absolute atomic E-state index is 0. The third kappa shape index (κ3) is 12.7. The summed E-state index contributed by atoms with van der Waals surface area (Å²) in [6.45, 7) is 0. The molecule has 0 aliphatic heterocycles. The Morgan fingerprint density at radius 2 is 2.00 bits per heavy atom. The molecule has 1 N–H and O–H groups in total. The largest absolute Gasteiger partial charge is 1.00 e. The smallest absolute Gasteiger partial charge is 1.00 e. The van der Waals surface area contributed by atoms with E-state index in [1.165, 1.54) is 0 Å². The van der Waals surface area contributed by atoms with Gasteiger partial charge >= 0.3 is 51.4 Å². The molecule has 0 aliphatic carbocycles. The van der Waals surface area contributed by atoms with E-state index in [9.17, 15) is 0 Å². The van der Waals surface area contributed by atoms with E-state index in [1.807, 2.05) is 0 Å². The van der Waals surface area contributed by atoms with E-state index in [2.05, 4.69) is 0 Å². The number of aliphatic hydroxyl groups excluding tert-OH is 1. The standard InChI is InChI=1S/CHNO.K.H/c2-1-3;;/h3H;;/q;+1;-1. The predicted octanol–water partition coefficient (Wildman–Crippen LogP) is -3.04. The van der Waals surface area contributed by atoms with Crippen molar-refractivity contribution in [1.82, 2.24) is 0 Å². The van der Waals surface area contributed by atoms with Crippen molar-refractivity contribution >= 4 is 0 Å². The summed E-state index contributed by atoms with van der Waals surface area (Å²) < 4.78 is 0. The van der Waals surface area contributed by atoms with Crippen LogP contribution in [-0.4, -0.2) is 5.11 Å². The molecule has 0 aromatic carbocycles. The second kappa shape index (κ2) is 9.06. The van der Waals surface area contributed by atoms with Crippen molar-refractivity contribution in [2.45, 2.75) is 0 Å². The number of hydrogen-bond donors (Lipinski definition) is 1. The maximum Gasteiger partial charge on any atom is 1.00 e. The van der Waals surface area contributed by atoms with Gasteiger partial charge in [-0.25, -0.2) is 0 Å². The van der Waals surface area contributed by atoms with Crippen molar-refractivity contribution in [3.63, 3.8) is 0 Å². The van der Waals surface area contributed by atoms with Crippen molar-refractivity contribution in [3.05, 3.63) is 0 Å². The Labute approximate surface area is 68.3 Å². The molecule has 0 saturated carbocycles. The van der Waals surface area contributed by atoms with Crippen LogP contribution >= 0.6 is 0 Å². The van der Waals surface area contributed by atoms with Crippen molar-refractivity contribution in [2.24, 2.45) is 0 Å². The summed E-state index contributed by atoms with van der Waals surface area (Å²) in [5.74, 6) is 0. The van der Waals surface area contributed by atoms with Crippen LogP contribution in [0.3, 0.4) is 0 Å². The van der Waals surface area contributed by atoms with Gasteiger partial charge in [-0.05, 0) is 0 Å². The van der Waals surface area contributed by atoms with Crippen LogP contribution in [0.1, 0.15) is 1.43 Å². The fourth-order valence-corrected chi connectivity index (χ4v) is 0. The van der Waals surface area contributed by atoms with E-state index in [-0.39, 0.29) is 52.8 Å². The van der Waals surface area contributed by atoms with Gasteiger partial charge in [0.05, 0.1) is 0 Å². The first kappa shape index (κ1) is 8.87. The van der Waals surface area contributed by atoms with Gasteiger partial charge in [0.1, 0.15) is 0 Å². The molecule has 3 heteroatoms. The summed E-state index contributed by atoms with van der Waals surface area (Å²) >= 11 is 0. The monoisotopic (exact) mass is 83.0 g/mol. The van der Waals surface area contributed by atoms with Crippen LogP contribution in [0.5, 0.6) is 0 Å². The molecule has 0 unspecified atom stereocenters. The van der Waals surface area contributed by atoms with Crippen molar-refractivity contribution < 1.29 is 57.9 Å². The van der Waals surface area contributed by atoms with Crippen LogP contribution in [0.25, 0.3) is 0 Å². The molecule has 2 nitrogen and oxygen atoms in total. The molecule has 0 rings (SSSR count). The van der Waals surface area contributed by atoms with Gasteiger partial charge in [-0.2, -0.15) is 5.26 Å². The van der Waals surface area contributed by atoms with Gasteiger partial charge < -0.3 is 6.53 Å². The Kier molecular flexibility index (Phi) is 20.1. The molecule has 0 saturated heterocycles. The van der Waals surface area contributed by atoms with Gasteiger partial charge in [-0.15, -0.1) is 0 Å². The second-order valence-electron chi connectivity index (χ2n) is 0.100. The summed E-state index contributed by atoms with van der Waals surface area (Å²) in [4.78, 5) is 0. The zero-order chi connectivity index (χ0) is 2.71. The van der Waals surface area contributed by atoms with Gasteiger partial charge in [-0.1, -0.05) is 0 Å². The number of rotatable bonds is 0. The third-order valence-electron chi connectivity index (χ3n) is 0. The molecule has 4 heavy (non-hydrogen) atoms. The zero-order valence-corrected chi connectivity index (χ0v) is 5.52. The molecule has 0 atom stereocenters. The third-order valence-corrected chi connectivity index (χ3v) is 0. The Morgan fingerprint density at radius 1 is 2.00 bits per heavy atom. The van der Waals surface area contributed by atoms with E-state index >= 15 is 0 Å². The van der Waals surface area contributed by atoms with Crippen LogP contribution in [0.15, 0.2) is 0 Å². The number of nitrogens with zero attached hydrogens (tertiary/aromatic N) is 1. The number of aliphatic hydroxyl groups is 1. The van der Waals surface area contributed by atoms with E-state index < -0.39 is 0 Å². The molecule has 0 spiro atoms. The van der Waals surface area contributed by atoms with Crippen LogP contribution in [0, 0.1) is 11.5 Å². The molecule has 0 aromatic rings. The van der Waals surface area contributed by atoms with Crippen LogP contribution in [0.2, 0.25) is 0 Å². The minimum atomic E-state index is 0. The summed E-state index contributed by atoms with van der Waals surface area (Å²) in [6.07, 6.45) is 0.750. The van der Waals surface area contributed by atoms with E-state index in [0.717, 1.165) is 6.26 Å².